The lowest BCUT2D eigenvalue weighted by molar-refractivity contribution is 0.0921. The molecule has 2 atom stereocenters. The molecule has 22 heavy (non-hydrogen) atoms. The van der Waals surface area contributed by atoms with Gasteiger partial charge >= 0.3 is 0 Å². The van der Waals surface area contributed by atoms with Gasteiger partial charge in [-0.25, -0.2) is 0 Å². The lowest BCUT2D eigenvalue weighted by atomic mass is 9.99. The molecule has 116 valence electrons. The summed E-state index contributed by atoms with van der Waals surface area (Å²) in [5.74, 6) is -0.0193. The largest absolute Gasteiger partial charge is 0.348 e. The van der Waals surface area contributed by atoms with E-state index in [0.29, 0.717) is 11.6 Å². The molecule has 1 saturated heterocycles. The van der Waals surface area contributed by atoms with Crippen molar-refractivity contribution in [2.75, 3.05) is 6.54 Å². The van der Waals surface area contributed by atoms with Crippen LogP contribution in [0.5, 0.6) is 0 Å². The Bertz CT molecular complexity index is 716. The quantitative estimate of drug-likeness (QED) is 0.863. The number of pyridine rings is 1. The van der Waals surface area contributed by atoms with E-state index >= 15 is 0 Å². The maximum atomic E-state index is 12.8. The number of carbonyl (C=O) groups excluding carboxylic acids is 1. The zero-order valence-electron chi connectivity index (χ0n) is 12.8. The molecule has 1 aliphatic rings. The molecule has 1 amide bonds. The van der Waals surface area contributed by atoms with Crippen molar-refractivity contribution in [1.82, 2.24) is 15.6 Å². The van der Waals surface area contributed by atoms with Gasteiger partial charge in [-0.15, -0.1) is 0 Å². The number of nitrogens with one attached hydrogen (secondary N) is 2. The Morgan fingerprint density at radius 2 is 2.23 bits per heavy atom. The van der Waals surface area contributed by atoms with Gasteiger partial charge in [0.25, 0.3) is 5.91 Å². The van der Waals surface area contributed by atoms with Gasteiger partial charge in [0.2, 0.25) is 0 Å². The maximum Gasteiger partial charge on any atom is 0.252 e. The summed E-state index contributed by atoms with van der Waals surface area (Å²) in [7, 11) is 0. The van der Waals surface area contributed by atoms with E-state index in [-0.39, 0.29) is 11.9 Å². The SMILES string of the molecule is Cc1cc(C(=O)NC2CCCNC2C)c2cc(Br)ccc2n1. The molecule has 0 radical (unpaired) electrons. The number of carbonyl (C=O) groups is 1. The Balaban J connectivity index is 1.94. The Kier molecular flexibility index (Phi) is 4.45. The molecule has 4 nitrogen and oxygen atoms in total. The highest BCUT2D eigenvalue weighted by molar-refractivity contribution is 9.10. The van der Waals surface area contributed by atoms with Crippen LogP contribution in [0.4, 0.5) is 0 Å². The third kappa shape index (κ3) is 3.15. The van der Waals surface area contributed by atoms with Crippen molar-refractivity contribution in [2.45, 2.75) is 38.8 Å². The lowest BCUT2D eigenvalue weighted by Gasteiger charge is -2.30. The van der Waals surface area contributed by atoms with Crippen LogP contribution in [-0.4, -0.2) is 29.5 Å². The molecular weight excluding hydrogens is 342 g/mol. The van der Waals surface area contributed by atoms with Gasteiger partial charge in [0, 0.05) is 27.6 Å². The third-order valence-electron chi connectivity index (χ3n) is 4.22. The molecule has 1 aromatic heterocycles. The van der Waals surface area contributed by atoms with Crippen LogP contribution in [0.15, 0.2) is 28.7 Å². The number of aromatic nitrogens is 1. The summed E-state index contributed by atoms with van der Waals surface area (Å²) in [5, 5.41) is 7.47. The van der Waals surface area contributed by atoms with Crippen molar-refractivity contribution < 1.29 is 4.79 Å². The van der Waals surface area contributed by atoms with E-state index in [1.165, 1.54) is 0 Å². The van der Waals surface area contributed by atoms with Gasteiger partial charge in [-0.3, -0.25) is 9.78 Å². The number of piperidine rings is 1. The van der Waals surface area contributed by atoms with Crippen molar-refractivity contribution in [3.8, 4) is 0 Å². The first-order valence-corrected chi connectivity index (χ1v) is 8.45. The summed E-state index contributed by atoms with van der Waals surface area (Å²) < 4.78 is 0.951. The minimum atomic E-state index is -0.0193. The van der Waals surface area contributed by atoms with Crippen LogP contribution in [0, 0.1) is 6.92 Å². The number of rotatable bonds is 2. The molecule has 1 fully saturated rings. The first-order valence-electron chi connectivity index (χ1n) is 7.66. The number of aryl methyl sites for hydroxylation is 1. The number of benzene rings is 1. The fourth-order valence-corrected chi connectivity index (χ4v) is 3.37. The number of amides is 1. The molecule has 3 rings (SSSR count). The lowest BCUT2D eigenvalue weighted by Crippen LogP contribution is -2.51. The average Bonchev–Trinajstić information content (AvgIpc) is 2.49. The fourth-order valence-electron chi connectivity index (χ4n) is 3.01. The van der Waals surface area contributed by atoms with Gasteiger partial charge in [0.05, 0.1) is 11.1 Å². The molecule has 2 aromatic rings. The van der Waals surface area contributed by atoms with Gasteiger partial charge in [-0.2, -0.15) is 0 Å². The molecule has 1 aliphatic heterocycles. The van der Waals surface area contributed by atoms with Crippen molar-refractivity contribution in [3.05, 3.63) is 40.0 Å². The highest BCUT2D eigenvalue weighted by Crippen LogP contribution is 2.23. The summed E-state index contributed by atoms with van der Waals surface area (Å²) in [4.78, 5) is 17.3. The Morgan fingerprint density at radius 3 is 3.00 bits per heavy atom. The highest BCUT2D eigenvalue weighted by Gasteiger charge is 2.23. The van der Waals surface area contributed by atoms with Crippen molar-refractivity contribution in [2.24, 2.45) is 0 Å². The van der Waals surface area contributed by atoms with Gasteiger partial charge in [-0.1, -0.05) is 15.9 Å². The smallest absolute Gasteiger partial charge is 0.252 e. The standard InChI is InChI=1S/C17H20BrN3O/c1-10-8-14(13-9-12(18)5-6-16(13)20-10)17(22)21-15-4-3-7-19-11(15)2/h5-6,8-9,11,15,19H,3-4,7H2,1-2H3,(H,21,22). The van der Waals surface area contributed by atoms with Crippen molar-refractivity contribution >= 4 is 32.7 Å². The van der Waals surface area contributed by atoms with Crippen LogP contribution in [0.3, 0.4) is 0 Å². The minimum Gasteiger partial charge on any atom is -0.348 e. The van der Waals surface area contributed by atoms with Crippen LogP contribution < -0.4 is 10.6 Å². The van der Waals surface area contributed by atoms with Gasteiger partial charge < -0.3 is 10.6 Å². The first-order chi connectivity index (χ1) is 10.5. The second-order valence-corrected chi connectivity index (χ2v) is 6.85. The normalized spacial score (nSPS) is 21.8. The Labute approximate surface area is 138 Å². The van der Waals surface area contributed by atoms with E-state index in [4.69, 9.17) is 0 Å². The molecule has 0 aliphatic carbocycles. The second-order valence-electron chi connectivity index (χ2n) is 5.94. The molecule has 2 heterocycles. The summed E-state index contributed by atoms with van der Waals surface area (Å²) >= 11 is 3.47. The van der Waals surface area contributed by atoms with Crippen LogP contribution in [0.2, 0.25) is 0 Å². The number of nitrogens with zero attached hydrogens (tertiary/aromatic N) is 1. The number of fused-ring (bicyclic) bond motifs is 1. The zero-order valence-corrected chi connectivity index (χ0v) is 14.4. The summed E-state index contributed by atoms with van der Waals surface area (Å²) in [6.45, 7) is 5.07. The van der Waals surface area contributed by atoms with Gasteiger partial charge in [-0.05, 0) is 57.5 Å². The molecule has 2 N–H and O–H groups in total. The van der Waals surface area contributed by atoms with E-state index in [0.717, 1.165) is 40.5 Å². The molecule has 1 aromatic carbocycles. The van der Waals surface area contributed by atoms with E-state index in [1.54, 1.807) is 0 Å². The monoisotopic (exact) mass is 361 g/mol. The fraction of sp³-hybridized carbons (Fsp3) is 0.412. The van der Waals surface area contributed by atoms with Crippen LogP contribution >= 0.6 is 15.9 Å². The molecule has 0 spiro atoms. The number of hydrogen-bond acceptors (Lipinski definition) is 3. The summed E-state index contributed by atoms with van der Waals surface area (Å²) in [6.07, 6.45) is 2.11. The van der Waals surface area contributed by atoms with E-state index in [1.807, 2.05) is 31.2 Å². The summed E-state index contributed by atoms with van der Waals surface area (Å²) in [6, 6.07) is 8.19. The van der Waals surface area contributed by atoms with Crippen molar-refractivity contribution in [3.63, 3.8) is 0 Å². The van der Waals surface area contributed by atoms with E-state index < -0.39 is 0 Å². The predicted octanol–water partition coefficient (Wildman–Crippen LogP) is 3.18. The van der Waals surface area contributed by atoms with Gasteiger partial charge in [0.15, 0.2) is 0 Å². The van der Waals surface area contributed by atoms with Crippen LogP contribution in [0.1, 0.15) is 35.8 Å². The van der Waals surface area contributed by atoms with Crippen LogP contribution in [-0.2, 0) is 0 Å². The molecule has 5 heteroatoms. The first kappa shape index (κ1) is 15.4. The minimum absolute atomic E-state index is 0.0193. The third-order valence-corrected chi connectivity index (χ3v) is 4.71. The van der Waals surface area contributed by atoms with Gasteiger partial charge in [0.1, 0.15) is 0 Å². The molecule has 2 unspecified atom stereocenters. The van der Waals surface area contributed by atoms with Crippen LogP contribution in [0.25, 0.3) is 10.9 Å². The number of halogens is 1. The Hall–Kier alpha value is -1.46. The topological polar surface area (TPSA) is 54.0 Å². The highest BCUT2D eigenvalue weighted by atomic mass is 79.9. The predicted molar refractivity (Wildman–Crippen MR) is 92.1 cm³/mol. The van der Waals surface area contributed by atoms with E-state index in [2.05, 4.69) is 38.5 Å². The second kappa shape index (κ2) is 6.34. The molecular formula is C17H20BrN3O. The average molecular weight is 362 g/mol. The van der Waals surface area contributed by atoms with Crippen molar-refractivity contribution in [1.29, 1.82) is 0 Å². The Morgan fingerprint density at radius 1 is 1.41 bits per heavy atom. The maximum absolute atomic E-state index is 12.8. The number of hydrogen-bond donors (Lipinski definition) is 2. The van der Waals surface area contributed by atoms with E-state index in [9.17, 15) is 4.79 Å². The molecule has 0 saturated carbocycles. The summed E-state index contributed by atoms with van der Waals surface area (Å²) in [5.41, 5.74) is 2.40. The molecule has 0 bridgehead atoms. The zero-order chi connectivity index (χ0) is 15.7.